The summed E-state index contributed by atoms with van der Waals surface area (Å²) in [5, 5.41) is 25.6. The Kier molecular flexibility index (Phi) is 7.67. The van der Waals surface area contributed by atoms with E-state index in [0.29, 0.717) is 16.8 Å². The molecule has 0 aliphatic rings. The summed E-state index contributed by atoms with van der Waals surface area (Å²) in [6.07, 6.45) is 0. The van der Waals surface area contributed by atoms with Gasteiger partial charge in [-0.15, -0.1) is 0 Å². The third-order valence-electron chi connectivity index (χ3n) is 3.40. The zero-order chi connectivity index (χ0) is 20.7. The lowest BCUT2D eigenvalue weighted by molar-refractivity contribution is -0.384. The van der Waals surface area contributed by atoms with Crippen LogP contribution in [0.4, 0.5) is 11.4 Å². The molecule has 0 radical (unpaired) electrons. The lowest BCUT2D eigenvalue weighted by Gasteiger charge is -2.14. The number of nitro benzene ring substituents is 1. The van der Waals surface area contributed by atoms with Crippen molar-refractivity contribution in [2.45, 2.75) is 0 Å². The molecule has 28 heavy (non-hydrogen) atoms. The number of halogens is 1. The second kappa shape index (κ2) is 9.97. The zero-order valence-corrected chi connectivity index (χ0v) is 17.0. The molecule has 0 aromatic heterocycles. The molecule has 0 fully saturated rings. The van der Waals surface area contributed by atoms with Gasteiger partial charge in [0.2, 0.25) is 0 Å². The molecule has 2 aromatic rings. The molecule has 0 heterocycles. The Morgan fingerprint density at radius 2 is 2.04 bits per heavy atom. The Balaban J connectivity index is 2.09. The van der Waals surface area contributed by atoms with Crippen LogP contribution >= 0.6 is 28.1 Å². The van der Waals surface area contributed by atoms with Crippen LogP contribution in [0.5, 0.6) is 11.5 Å². The van der Waals surface area contributed by atoms with Gasteiger partial charge in [0.15, 0.2) is 5.11 Å². The first kappa shape index (κ1) is 21.5. The number of anilines is 1. The smallest absolute Gasteiger partial charge is 0.273 e. The molecule has 148 valence electrons. The number of benzene rings is 2. The van der Waals surface area contributed by atoms with Gasteiger partial charge in [-0.3, -0.25) is 20.2 Å². The number of nitrogens with one attached hydrogen (secondary N) is 2. The minimum Gasteiger partial charge on any atom is -0.506 e. The summed E-state index contributed by atoms with van der Waals surface area (Å²) < 4.78 is 11.1. The molecule has 2 rings (SSSR count). The number of rotatable bonds is 7. The van der Waals surface area contributed by atoms with Crippen LogP contribution in [-0.2, 0) is 4.74 Å². The number of nitro groups is 1. The highest BCUT2D eigenvalue weighted by molar-refractivity contribution is 9.10. The number of carbonyl (C=O) groups is 1. The van der Waals surface area contributed by atoms with Gasteiger partial charge in [0.1, 0.15) is 18.1 Å². The number of nitrogens with zero attached hydrogens (tertiary/aromatic N) is 1. The largest absolute Gasteiger partial charge is 0.506 e. The van der Waals surface area contributed by atoms with Crippen molar-refractivity contribution in [2.24, 2.45) is 0 Å². The van der Waals surface area contributed by atoms with E-state index < -0.39 is 10.8 Å². The van der Waals surface area contributed by atoms with E-state index in [1.165, 1.54) is 19.2 Å². The highest BCUT2D eigenvalue weighted by Gasteiger charge is 2.16. The average molecular weight is 470 g/mol. The van der Waals surface area contributed by atoms with Crippen LogP contribution < -0.4 is 15.4 Å². The molecule has 1 amide bonds. The topological polar surface area (TPSA) is 123 Å². The summed E-state index contributed by atoms with van der Waals surface area (Å²) in [5.74, 6) is -0.566. The molecule has 0 spiro atoms. The summed E-state index contributed by atoms with van der Waals surface area (Å²) in [6.45, 7) is 0.619. The molecule has 2 aromatic carbocycles. The van der Waals surface area contributed by atoms with Crippen molar-refractivity contribution < 1.29 is 24.3 Å². The molecule has 0 bridgehead atoms. The van der Waals surface area contributed by atoms with Gasteiger partial charge in [0.05, 0.1) is 28.8 Å². The standard InChI is InChI=1S/C17H16BrN3O6S/c1-26-6-7-27-15-5-2-10(18)8-12(15)16(23)20-17(28)19-13-4-3-11(21(24)25)9-14(13)22/h2-5,8-9,22H,6-7H2,1H3,(H2,19,20,23,28). The van der Waals surface area contributed by atoms with Crippen molar-refractivity contribution in [3.8, 4) is 11.5 Å². The fraction of sp³-hybridized carbons (Fsp3) is 0.176. The molecule has 0 aliphatic heterocycles. The van der Waals surface area contributed by atoms with E-state index in [0.717, 1.165) is 6.07 Å². The number of ether oxygens (including phenoxy) is 2. The first-order chi connectivity index (χ1) is 13.3. The molecule has 11 heteroatoms. The van der Waals surface area contributed by atoms with Crippen LogP contribution in [0.3, 0.4) is 0 Å². The van der Waals surface area contributed by atoms with Crippen molar-refractivity contribution in [2.75, 3.05) is 25.6 Å². The first-order valence-corrected chi connectivity index (χ1v) is 9.03. The van der Waals surface area contributed by atoms with Gasteiger partial charge in [-0.25, -0.2) is 0 Å². The molecular weight excluding hydrogens is 454 g/mol. The highest BCUT2D eigenvalue weighted by atomic mass is 79.9. The number of aromatic hydroxyl groups is 1. The number of hydrogen-bond donors (Lipinski definition) is 3. The van der Waals surface area contributed by atoms with Crippen LogP contribution in [0.15, 0.2) is 40.9 Å². The number of amides is 1. The fourth-order valence-electron chi connectivity index (χ4n) is 2.10. The SMILES string of the molecule is COCCOc1ccc(Br)cc1C(=O)NC(=S)Nc1ccc([N+](=O)[O-])cc1O. The molecule has 9 nitrogen and oxygen atoms in total. The third-order valence-corrected chi connectivity index (χ3v) is 4.10. The van der Waals surface area contributed by atoms with E-state index in [2.05, 4.69) is 26.6 Å². The summed E-state index contributed by atoms with van der Waals surface area (Å²) in [6, 6.07) is 8.39. The molecule has 0 saturated carbocycles. The van der Waals surface area contributed by atoms with E-state index >= 15 is 0 Å². The van der Waals surface area contributed by atoms with E-state index in [1.807, 2.05) is 0 Å². The highest BCUT2D eigenvalue weighted by Crippen LogP contribution is 2.28. The molecule has 3 N–H and O–H groups in total. The summed E-state index contributed by atoms with van der Waals surface area (Å²) in [4.78, 5) is 22.6. The van der Waals surface area contributed by atoms with Crippen molar-refractivity contribution in [1.82, 2.24) is 5.32 Å². The van der Waals surface area contributed by atoms with Crippen LogP contribution in [0.2, 0.25) is 0 Å². The van der Waals surface area contributed by atoms with E-state index in [-0.39, 0.29) is 34.4 Å². The molecule has 0 saturated heterocycles. The van der Waals surface area contributed by atoms with Gasteiger partial charge in [0, 0.05) is 17.6 Å². The zero-order valence-electron chi connectivity index (χ0n) is 14.6. The van der Waals surface area contributed by atoms with Crippen LogP contribution in [-0.4, -0.2) is 41.4 Å². The van der Waals surface area contributed by atoms with Gasteiger partial charge in [-0.2, -0.15) is 0 Å². The number of phenols is 1. The van der Waals surface area contributed by atoms with Gasteiger partial charge in [0.25, 0.3) is 11.6 Å². The number of hydrogen-bond acceptors (Lipinski definition) is 7. The minimum atomic E-state index is -0.637. The minimum absolute atomic E-state index is 0.100. The van der Waals surface area contributed by atoms with Crippen LogP contribution in [0.25, 0.3) is 0 Å². The maximum atomic E-state index is 12.6. The predicted octanol–water partition coefficient (Wildman–Crippen LogP) is 3.21. The van der Waals surface area contributed by atoms with Crippen molar-refractivity contribution in [3.05, 3.63) is 56.5 Å². The van der Waals surface area contributed by atoms with Crippen molar-refractivity contribution in [1.29, 1.82) is 0 Å². The van der Waals surface area contributed by atoms with E-state index in [4.69, 9.17) is 21.7 Å². The Morgan fingerprint density at radius 3 is 2.68 bits per heavy atom. The average Bonchev–Trinajstić information content (AvgIpc) is 2.64. The molecule has 0 unspecified atom stereocenters. The van der Waals surface area contributed by atoms with E-state index in [9.17, 15) is 20.0 Å². The third kappa shape index (κ3) is 5.87. The molecule has 0 aliphatic carbocycles. The lowest BCUT2D eigenvalue weighted by Crippen LogP contribution is -2.34. The van der Waals surface area contributed by atoms with Crippen LogP contribution in [0, 0.1) is 10.1 Å². The summed E-state index contributed by atoms with van der Waals surface area (Å²) in [7, 11) is 1.54. The Morgan fingerprint density at radius 1 is 1.29 bits per heavy atom. The Labute approximate surface area is 173 Å². The van der Waals surface area contributed by atoms with Gasteiger partial charge in [-0.05, 0) is 36.5 Å². The Bertz CT molecular complexity index is 908. The number of phenolic OH excluding ortho intramolecular Hbond substituents is 1. The number of non-ortho nitro benzene ring substituents is 1. The fourth-order valence-corrected chi connectivity index (χ4v) is 2.67. The molecular formula is C17H16BrN3O6S. The summed E-state index contributed by atoms with van der Waals surface area (Å²) in [5.41, 5.74) is 0.0780. The normalized spacial score (nSPS) is 10.2. The van der Waals surface area contributed by atoms with Crippen molar-refractivity contribution >= 4 is 50.5 Å². The van der Waals surface area contributed by atoms with Gasteiger partial charge < -0.3 is 19.9 Å². The van der Waals surface area contributed by atoms with Crippen LogP contribution in [0.1, 0.15) is 10.4 Å². The monoisotopic (exact) mass is 469 g/mol. The number of methoxy groups -OCH3 is 1. The predicted molar refractivity (Wildman–Crippen MR) is 110 cm³/mol. The number of carbonyl (C=O) groups excluding carboxylic acids is 1. The van der Waals surface area contributed by atoms with Gasteiger partial charge in [-0.1, -0.05) is 15.9 Å². The maximum Gasteiger partial charge on any atom is 0.273 e. The van der Waals surface area contributed by atoms with E-state index in [1.54, 1.807) is 18.2 Å². The maximum absolute atomic E-state index is 12.6. The second-order valence-electron chi connectivity index (χ2n) is 5.35. The van der Waals surface area contributed by atoms with Crippen molar-refractivity contribution in [3.63, 3.8) is 0 Å². The second-order valence-corrected chi connectivity index (χ2v) is 6.67. The lowest BCUT2D eigenvalue weighted by atomic mass is 10.2. The van der Waals surface area contributed by atoms with Gasteiger partial charge >= 0.3 is 0 Å². The quantitative estimate of drug-likeness (QED) is 0.185. The first-order valence-electron chi connectivity index (χ1n) is 7.83. The number of thiocarbonyl (C=S) groups is 1. The molecule has 0 atom stereocenters. The Hall–Kier alpha value is -2.76. The summed E-state index contributed by atoms with van der Waals surface area (Å²) >= 11 is 8.38.